The fourth-order valence-electron chi connectivity index (χ4n) is 2.72. The molecule has 0 bridgehead atoms. The van der Waals surface area contributed by atoms with E-state index in [1.807, 2.05) is 0 Å². The predicted molar refractivity (Wildman–Crippen MR) is 113 cm³/mol. The summed E-state index contributed by atoms with van der Waals surface area (Å²) in [4.78, 5) is 11.3. The monoisotopic (exact) mass is 458 g/mol. The first kappa shape index (κ1) is 34.3. The summed E-state index contributed by atoms with van der Waals surface area (Å²) in [7, 11) is -4.06. The van der Waals surface area contributed by atoms with Crippen molar-refractivity contribution in [1.29, 1.82) is 0 Å². The van der Waals surface area contributed by atoms with Gasteiger partial charge < -0.3 is 7.59 Å². The number of carbonyl (C=O) groups excluding carboxylic acids is 1. The minimum Gasteiger partial charge on any atom is -1.00 e. The van der Waals surface area contributed by atoms with Crippen LogP contribution in [0.5, 0.6) is 0 Å². The van der Waals surface area contributed by atoms with Gasteiger partial charge in [0.1, 0.15) is 12.4 Å². The minimum absolute atomic E-state index is 0. The largest absolute Gasteiger partial charge is 1.00 e. The number of rotatable bonds is 18. The Balaban J connectivity index is -0.000000521. The van der Waals surface area contributed by atoms with Crippen molar-refractivity contribution in [2.45, 2.75) is 96.8 Å². The van der Waals surface area contributed by atoms with Gasteiger partial charge in [0.05, 0.1) is 0 Å². The smallest absolute Gasteiger partial charge is 1.00 e. The molecule has 0 aliphatic rings. The Labute approximate surface area is 224 Å². The van der Waals surface area contributed by atoms with E-state index in [-0.39, 0.29) is 68.6 Å². The quantitative estimate of drug-likeness (QED) is 0.139. The van der Waals surface area contributed by atoms with E-state index in [1.54, 1.807) is 0 Å². The zero-order valence-electron chi connectivity index (χ0n) is 20.4. The first-order valence-electron chi connectivity index (χ1n) is 10.2. The number of unbranched alkanes of at least 4 members (excludes halogenated alkanes) is 13. The molecule has 0 unspecified atom stereocenters. The number of ether oxygens (including phenoxy) is 1. The van der Waals surface area contributed by atoms with Crippen LogP contribution in [0.25, 0.3) is 0 Å². The molecule has 0 fully saturated rings. The van der Waals surface area contributed by atoms with Crippen LogP contribution < -0.4 is 59.1 Å². The van der Waals surface area contributed by atoms with Crippen molar-refractivity contribution in [1.82, 2.24) is 0 Å². The zero-order chi connectivity index (χ0) is 19.5. The molecule has 0 heterocycles. The van der Waals surface area contributed by atoms with Crippen molar-refractivity contribution < 1.29 is 84.5 Å². The van der Waals surface area contributed by atoms with Crippen LogP contribution in [0, 0.1) is 0 Å². The molecule has 0 aliphatic carbocycles. The maximum Gasteiger partial charge on any atom is 1.00 e. The SMILES string of the molecule is CCCCCCCCCCCCCCCCSC(=O)OCCS(=O)(=O)O.[H-].[H-].[Na+].[Na+]. The van der Waals surface area contributed by atoms with E-state index in [4.69, 9.17) is 9.29 Å². The molecule has 0 radical (unpaired) electrons. The van der Waals surface area contributed by atoms with Gasteiger partial charge in [-0.3, -0.25) is 4.55 Å². The third-order valence-electron chi connectivity index (χ3n) is 4.28. The van der Waals surface area contributed by atoms with Gasteiger partial charge in [0.2, 0.25) is 0 Å². The third-order valence-corrected chi connectivity index (χ3v) is 5.81. The molecule has 0 atom stereocenters. The second-order valence-corrected chi connectivity index (χ2v) is 9.43. The Morgan fingerprint density at radius 1 is 0.821 bits per heavy atom. The van der Waals surface area contributed by atoms with Crippen LogP contribution in [-0.4, -0.2) is 36.4 Å². The van der Waals surface area contributed by atoms with E-state index in [2.05, 4.69) is 6.92 Å². The third kappa shape index (κ3) is 29.9. The number of hydrogen-bond acceptors (Lipinski definition) is 5. The zero-order valence-corrected chi connectivity index (χ0v) is 24.1. The summed E-state index contributed by atoms with van der Waals surface area (Å²) in [6.07, 6.45) is 18.2. The van der Waals surface area contributed by atoms with Crippen LogP contribution >= 0.6 is 11.8 Å². The molecule has 0 aromatic carbocycles. The number of carbonyl (C=O) groups is 1. The predicted octanol–water partition coefficient (Wildman–Crippen LogP) is 0.458. The van der Waals surface area contributed by atoms with Gasteiger partial charge in [-0.15, -0.1) is 0 Å². The van der Waals surface area contributed by atoms with E-state index in [0.717, 1.165) is 24.6 Å². The summed E-state index contributed by atoms with van der Waals surface area (Å²) < 4.78 is 34.2. The Kier molecular flexibility index (Phi) is 30.7. The van der Waals surface area contributed by atoms with E-state index >= 15 is 0 Å². The maximum absolute atomic E-state index is 11.3. The summed E-state index contributed by atoms with van der Waals surface area (Å²) in [6.45, 7) is 1.97. The van der Waals surface area contributed by atoms with Gasteiger partial charge in [-0.1, -0.05) is 90.4 Å². The normalized spacial score (nSPS) is 10.8. The molecule has 0 amide bonds. The van der Waals surface area contributed by atoms with Crippen LogP contribution in [0.15, 0.2) is 0 Å². The molecule has 0 aromatic rings. The fraction of sp³-hybridized carbons (Fsp3) is 0.947. The first-order chi connectivity index (χ1) is 12.5. The summed E-state index contributed by atoms with van der Waals surface area (Å²) >= 11 is 1.07. The molecule has 0 aromatic heterocycles. The first-order valence-corrected chi connectivity index (χ1v) is 12.8. The van der Waals surface area contributed by atoms with Gasteiger partial charge >= 0.3 is 64.4 Å². The molecule has 1 N–H and O–H groups in total. The summed E-state index contributed by atoms with van der Waals surface area (Å²) in [5, 5.41) is -0.469. The Morgan fingerprint density at radius 2 is 1.21 bits per heavy atom. The molecule has 0 saturated carbocycles. The molecule has 0 saturated heterocycles. The number of hydrogen-bond donors (Lipinski definition) is 1. The summed E-state index contributed by atoms with van der Waals surface area (Å²) in [5.74, 6) is 0.154. The van der Waals surface area contributed by atoms with E-state index in [9.17, 15) is 13.2 Å². The Morgan fingerprint density at radius 3 is 1.61 bits per heavy atom. The molecule has 160 valence electrons. The van der Waals surface area contributed by atoms with Crippen LogP contribution in [0.4, 0.5) is 4.79 Å². The van der Waals surface area contributed by atoms with Gasteiger partial charge in [0.25, 0.3) is 10.1 Å². The Bertz CT molecular complexity index is 445. The van der Waals surface area contributed by atoms with Crippen molar-refractivity contribution >= 4 is 27.2 Å². The number of thioether (sulfide) groups is 1. The second kappa shape index (κ2) is 25.0. The average Bonchev–Trinajstić information content (AvgIpc) is 2.57. The van der Waals surface area contributed by atoms with Gasteiger partial charge in [-0.25, -0.2) is 4.79 Å². The molecular weight excluding hydrogens is 418 g/mol. The van der Waals surface area contributed by atoms with Crippen LogP contribution in [-0.2, 0) is 14.9 Å². The summed E-state index contributed by atoms with van der Waals surface area (Å²) in [6, 6.07) is 0. The van der Waals surface area contributed by atoms with E-state index < -0.39 is 21.2 Å². The van der Waals surface area contributed by atoms with Crippen molar-refractivity contribution in [2.24, 2.45) is 0 Å². The van der Waals surface area contributed by atoms with E-state index in [0.29, 0.717) is 5.75 Å². The van der Waals surface area contributed by atoms with Crippen LogP contribution in [0.3, 0.4) is 0 Å². The topological polar surface area (TPSA) is 80.7 Å². The van der Waals surface area contributed by atoms with Gasteiger partial charge in [0.15, 0.2) is 0 Å². The molecule has 28 heavy (non-hydrogen) atoms. The van der Waals surface area contributed by atoms with Gasteiger partial charge in [0, 0.05) is 5.75 Å². The molecule has 0 aliphatic heterocycles. The van der Waals surface area contributed by atoms with Crippen LogP contribution in [0.2, 0.25) is 0 Å². The molecule has 0 rings (SSSR count). The molecule has 9 heteroatoms. The van der Waals surface area contributed by atoms with Gasteiger partial charge in [-0.05, 0) is 18.2 Å². The molecule has 5 nitrogen and oxygen atoms in total. The van der Waals surface area contributed by atoms with Gasteiger partial charge in [-0.2, -0.15) is 8.42 Å². The van der Waals surface area contributed by atoms with Crippen molar-refractivity contribution in [3.63, 3.8) is 0 Å². The van der Waals surface area contributed by atoms with Crippen molar-refractivity contribution in [2.75, 3.05) is 18.1 Å². The Hall–Kier alpha value is 1.73. The van der Waals surface area contributed by atoms with Crippen molar-refractivity contribution in [3.05, 3.63) is 0 Å². The second-order valence-electron chi connectivity index (χ2n) is 6.83. The average molecular weight is 459 g/mol. The fourth-order valence-corrected chi connectivity index (χ4v) is 3.70. The maximum atomic E-state index is 11.3. The summed E-state index contributed by atoms with van der Waals surface area (Å²) in [5.41, 5.74) is 0. The van der Waals surface area contributed by atoms with Crippen LogP contribution in [0.1, 0.15) is 99.7 Å². The standard InChI is InChI=1S/C19H38O5S2.2Na.2H/c1-2-3-4-5-6-7-8-9-10-11-12-13-14-15-17-25-19(20)24-16-18-26(21,22)23;;;;/h2-18H2,1H3,(H,21,22,23);;;;/q;2*+1;2*-1. The molecule has 0 spiro atoms. The molecular formula is C19H40Na2O5S2. The van der Waals surface area contributed by atoms with Crippen molar-refractivity contribution in [3.8, 4) is 0 Å². The van der Waals surface area contributed by atoms with E-state index in [1.165, 1.54) is 77.0 Å². The minimum atomic E-state index is -4.06.